The van der Waals surface area contributed by atoms with Crippen molar-refractivity contribution in [2.45, 2.75) is 56.5 Å². The lowest BCUT2D eigenvalue weighted by Crippen LogP contribution is -2.44. The molecule has 2 amide bonds. The van der Waals surface area contributed by atoms with Gasteiger partial charge in [0.25, 0.3) is 0 Å². The van der Waals surface area contributed by atoms with E-state index in [1.807, 2.05) is 22.8 Å². The highest BCUT2D eigenvalue weighted by Crippen LogP contribution is 2.31. The summed E-state index contributed by atoms with van der Waals surface area (Å²) in [6, 6.07) is 13.4. The van der Waals surface area contributed by atoms with Gasteiger partial charge in [-0.05, 0) is 43.5 Å². The molecule has 1 fully saturated rings. The molecule has 1 aliphatic carbocycles. The lowest BCUT2D eigenvalue weighted by molar-refractivity contribution is 0.233. The molecular formula is C25H30FN3O3S. The maximum absolute atomic E-state index is 13.3. The first-order chi connectivity index (χ1) is 15.8. The van der Waals surface area contributed by atoms with Crippen molar-refractivity contribution in [3.63, 3.8) is 0 Å². The lowest BCUT2D eigenvalue weighted by Gasteiger charge is -2.22. The molecule has 0 bridgehead atoms. The van der Waals surface area contributed by atoms with Crippen molar-refractivity contribution < 1.29 is 17.6 Å². The molecule has 0 aliphatic heterocycles. The number of nitrogens with one attached hydrogen (secondary N) is 2. The Morgan fingerprint density at radius 3 is 2.48 bits per heavy atom. The minimum atomic E-state index is -3.65. The fourth-order valence-electron chi connectivity index (χ4n) is 4.65. The molecule has 0 atom stereocenters. The number of rotatable bonds is 7. The molecule has 1 aromatic heterocycles. The molecule has 4 rings (SSSR count). The highest BCUT2D eigenvalue weighted by atomic mass is 32.2. The molecule has 2 N–H and O–H groups in total. The van der Waals surface area contributed by atoms with Gasteiger partial charge in [-0.15, -0.1) is 0 Å². The first-order valence-corrected chi connectivity index (χ1v) is 13.1. The minimum Gasteiger partial charge on any atom is -0.339 e. The second-order valence-electron chi connectivity index (χ2n) is 8.70. The summed E-state index contributed by atoms with van der Waals surface area (Å²) in [7, 11) is -3.65. The van der Waals surface area contributed by atoms with E-state index in [9.17, 15) is 17.6 Å². The van der Waals surface area contributed by atoms with Crippen molar-refractivity contribution in [2.75, 3.05) is 12.3 Å². The van der Waals surface area contributed by atoms with E-state index < -0.39 is 9.84 Å². The molecule has 1 heterocycles. The van der Waals surface area contributed by atoms with Gasteiger partial charge in [0.15, 0.2) is 9.84 Å². The molecule has 1 saturated carbocycles. The molecule has 0 saturated heterocycles. The van der Waals surface area contributed by atoms with Gasteiger partial charge in [0.2, 0.25) is 0 Å². The molecule has 8 heteroatoms. The number of halogens is 1. The Morgan fingerprint density at radius 1 is 1.06 bits per heavy atom. The highest BCUT2D eigenvalue weighted by molar-refractivity contribution is 7.91. The molecule has 6 nitrogen and oxygen atoms in total. The fraction of sp³-hybridized carbons (Fsp3) is 0.400. The monoisotopic (exact) mass is 471 g/mol. The Balaban J connectivity index is 1.51. The largest absolute Gasteiger partial charge is 0.339 e. The maximum Gasteiger partial charge on any atom is 0.315 e. The average Bonchev–Trinajstić information content (AvgIpc) is 3.08. The quantitative estimate of drug-likeness (QED) is 0.531. The minimum absolute atomic E-state index is 0.0395. The van der Waals surface area contributed by atoms with E-state index >= 15 is 0 Å². The first-order valence-electron chi connectivity index (χ1n) is 11.4. The highest BCUT2D eigenvalue weighted by Gasteiger charge is 2.25. The summed E-state index contributed by atoms with van der Waals surface area (Å²) in [5.41, 5.74) is 2.32. The summed E-state index contributed by atoms with van der Waals surface area (Å²) in [4.78, 5) is 12.5. The molecule has 176 valence electrons. The third-order valence-electron chi connectivity index (χ3n) is 6.33. The van der Waals surface area contributed by atoms with Crippen LogP contribution in [0.25, 0.3) is 10.9 Å². The Hall–Kier alpha value is -2.87. The Kier molecular flexibility index (Phi) is 7.02. The van der Waals surface area contributed by atoms with Crippen LogP contribution in [0.5, 0.6) is 0 Å². The topological polar surface area (TPSA) is 80.2 Å². The Bertz CT molecular complexity index is 1230. The number of nitrogens with zero attached hydrogens (tertiary/aromatic N) is 1. The number of hydrogen-bond donors (Lipinski definition) is 2. The number of amides is 2. The SMILES string of the molecule is Cc1c(S(=O)(=O)CCNC(=O)NC2CCCCC2)c2ccccc2n1Cc1ccc(F)cc1. The summed E-state index contributed by atoms with van der Waals surface area (Å²) in [5.74, 6) is -0.493. The van der Waals surface area contributed by atoms with Gasteiger partial charge in [-0.3, -0.25) is 0 Å². The first kappa shape index (κ1) is 23.3. The van der Waals surface area contributed by atoms with E-state index in [-0.39, 0.29) is 35.1 Å². The smallest absolute Gasteiger partial charge is 0.315 e. The van der Waals surface area contributed by atoms with Crippen LogP contribution in [0.1, 0.15) is 43.4 Å². The average molecular weight is 472 g/mol. The second-order valence-corrected chi connectivity index (χ2v) is 10.7. The third kappa shape index (κ3) is 5.38. The zero-order valence-electron chi connectivity index (χ0n) is 18.8. The molecule has 2 aromatic carbocycles. The van der Waals surface area contributed by atoms with Crippen LogP contribution < -0.4 is 10.6 Å². The van der Waals surface area contributed by atoms with Gasteiger partial charge in [0, 0.05) is 35.7 Å². The normalized spacial score (nSPS) is 15.0. The van der Waals surface area contributed by atoms with Crippen molar-refractivity contribution in [1.82, 2.24) is 15.2 Å². The van der Waals surface area contributed by atoms with Crippen LogP contribution >= 0.6 is 0 Å². The Labute approximate surface area is 194 Å². The number of benzene rings is 2. The summed E-state index contributed by atoms with van der Waals surface area (Å²) in [6.45, 7) is 2.27. The van der Waals surface area contributed by atoms with Crippen LogP contribution in [-0.2, 0) is 16.4 Å². The van der Waals surface area contributed by atoms with Crippen molar-refractivity contribution in [3.8, 4) is 0 Å². The standard InChI is InChI=1S/C25H30FN3O3S/c1-18-24(33(31,32)16-15-27-25(30)28-21-7-3-2-4-8-21)22-9-5-6-10-23(22)29(18)17-19-11-13-20(26)14-12-19/h5-6,9-14,21H,2-4,7-8,15-17H2,1H3,(H2,27,28,30). The number of para-hydroxylation sites is 1. The fourth-order valence-corrected chi connectivity index (χ4v) is 6.30. The predicted octanol–water partition coefficient (Wildman–Crippen LogP) is 4.54. The summed E-state index contributed by atoms with van der Waals surface area (Å²) < 4.78 is 41.9. The summed E-state index contributed by atoms with van der Waals surface area (Å²) in [6.07, 6.45) is 5.37. The van der Waals surface area contributed by atoms with Crippen molar-refractivity contribution >= 4 is 26.8 Å². The van der Waals surface area contributed by atoms with Gasteiger partial charge in [0.1, 0.15) is 5.82 Å². The van der Waals surface area contributed by atoms with Gasteiger partial charge in [-0.25, -0.2) is 17.6 Å². The molecule has 0 radical (unpaired) electrons. The van der Waals surface area contributed by atoms with Gasteiger partial charge < -0.3 is 15.2 Å². The number of urea groups is 1. The summed E-state index contributed by atoms with van der Waals surface area (Å²) in [5, 5.41) is 6.31. The lowest BCUT2D eigenvalue weighted by atomic mass is 9.96. The van der Waals surface area contributed by atoms with E-state index in [1.165, 1.54) is 18.6 Å². The van der Waals surface area contributed by atoms with Gasteiger partial charge in [-0.1, -0.05) is 49.6 Å². The number of sulfone groups is 1. The zero-order valence-corrected chi connectivity index (χ0v) is 19.6. The van der Waals surface area contributed by atoms with E-state index in [1.54, 1.807) is 25.1 Å². The number of carbonyl (C=O) groups is 1. The van der Waals surface area contributed by atoms with Crippen molar-refractivity contribution in [3.05, 3.63) is 65.6 Å². The maximum atomic E-state index is 13.3. The van der Waals surface area contributed by atoms with Gasteiger partial charge >= 0.3 is 6.03 Å². The predicted molar refractivity (Wildman–Crippen MR) is 128 cm³/mol. The molecule has 3 aromatic rings. The number of hydrogen-bond acceptors (Lipinski definition) is 3. The number of aromatic nitrogens is 1. The zero-order chi connectivity index (χ0) is 23.4. The molecular weight excluding hydrogens is 441 g/mol. The van der Waals surface area contributed by atoms with Crippen LogP contribution in [0.15, 0.2) is 53.4 Å². The molecule has 1 aliphatic rings. The van der Waals surface area contributed by atoms with Crippen LogP contribution in [0.3, 0.4) is 0 Å². The molecule has 0 unspecified atom stereocenters. The second kappa shape index (κ2) is 9.95. The third-order valence-corrected chi connectivity index (χ3v) is 8.21. The summed E-state index contributed by atoms with van der Waals surface area (Å²) >= 11 is 0. The molecule has 33 heavy (non-hydrogen) atoms. The van der Waals surface area contributed by atoms with E-state index in [0.717, 1.165) is 36.8 Å². The van der Waals surface area contributed by atoms with E-state index in [2.05, 4.69) is 10.6 Å². The molecule has 0 spiro atoms. The van der Waals surface area contributed by atoms with Crippen molar-refractivity contribution in [2.24, 2.45) is 0 Å². The number of carbonyl (C=O) groups excluding carboxylic acids is 1. The van der Waals surface area contributed by atoms with Gasteiger partial charge in [-0.2, -0.15) is 0 Å². The van der Waals surface area contributed by atoms with E-state index in [0.29, 0.717) is 17.6 Å². The van der Waals surface area contributed by atoms with Crippen molar-refractivity contribution in [1.29, 1.82) is 0 Å². The number of fused-ring (bicyclic) bond motifs is 1. The van der Waals surface area contributed by atoms with Crippen LogP contribution in [-0.4, -0.2) is 37.4 Å². The van der Waals surface area contributed by atoms with Crippen LogP contribution in [0.4, 0.5) is 9.18 Å². The van der Waals surface area contributed by atoms with E-state index in [4.69, 9.17) is 0 Å². The van der Waals surface area contributed by atoms with Crippen LogP contribution in [0.2, 0.25) is 0 Å². The Morgan fingerprint density at radius 2 is 1.76 bits per heavy atom. The van der Waals surface area contributed by atoms with Crippen LogP contribution in [0, 0.1) is 12.7 Å². The van der Waals surface area contributed by atoms with Gasteiger partial charge in [0.05, 0.1) is 10.6 Å².